The Morgan fingerprint density at radius 2 is 1.87 bits per heavy atom. The van der Waals surface area contributed by atoms with Gasteiger partial charge in [0.25, 0.3) is 5.88 Å². The molecule has 2 fully saturated rings. The Balaban J connectivity index is 1.38. The summed E-state index contributed by atoms with van der Waals surface area (Å²) in [6.07, 6.45) is 5.94. The number of hydrogen-bond donors (Lipinski definition) is 2. The average Bonchev–Trinajstić information content (AvgIpc) is 2.80. The lowest BCUT2D eigenvalue weighted by Gasteiger charge is -2.28. The first-order chi connectivity index (χ1) is 14.7. The van der Waals surface area contributed by atoms with E-state index in [1.54, 1.807) is 13.3 Å². The van der Waals surface area contributed by atoms with Crippen molar-refractivity contribution in [3.8, 4) is 11.6 Å². The predicted octanol–water partition coefficient (Wildman–Crippen LogP) is 2.96. The Morgan fingerprint density at radius 3 is 2.57 bits per heavy atom. The van der Waals surface area contributed by atoms with Crippen molar-refractivity contribution in [3.05, 3.63) is 30.5 Å². The number of nitrogens with one attached hydrogen (secondary N) is 1. The summed E-state index contributed by atoms with van der Waals surface area (Å²) in [6, 6.07) is 8.60. The van der Waals surface area contributed by atoms with Crippen molar-refractivity contribution in [1.82, 2.24) is 9.97 Å². The van der Waals surface area contributed by atoms with Crippen molar-refractivity contribution in [3.63, 3.8) is 0 Å². The Morgan fingerprint density at radius 1 is 1.13 bits per heavy atom. The fourth-order valence-electron chi connectivity index (χ4n) is 3.92. The van der Waals surface area contributed by atoms with Crippen molar-refractivity contribution >= 4 is 17.3 Å². The first-order valence-electron chi connectivity index (χ1n) is 10.7. The maximum Gasteiger partial charge on any atom is 0.262 e. The molecule has 3 N–H and O–H groups in total. The highest BCUT2D eigenvalue weighted by molar-refractivity contribution is 5.60. The van der Waals surface area contributed by atoms with E-state index in [0.717, 1.165) is 57.7 Å². The molecule has 0 unspecified atom stereocenters. The van der Waals surface area contributed by atoms with Crippen molar-refractivity contribution in [1.29, 1.82) is 0 Å². The molecule has 1 saturated heterocycles. The van der Waals surface area contributed by atoms with E-state index in [9.17, 15) is 0 Å². The third-order valence-electron chi connectivity index (χ3n) is 5.79. The number of aromatic nitrogens is 2. The van der Waals surface area contributed by atoms with Gasteiger partial charge in [0.2, 0.25) is 5.95 Å². The monoisotopic (exact) mass is 413 g/mol. The lowest BCUT2D eigenvalue weighted by molar-refractivity contribution is 0.122. The Bertz CT molecular complexity index is 803. The highest BCUT2D eigenvalue weighted by Gasteiger charge is 2.20. The van der Waals surface area contributed by atoms with E-state index < -0.39 is 0 Å². The molecule has 2 aromatic rings. The van der Waals surface area contributed by atoms with Crippen molar-refractivity contribution < 1.29 is 14.2 Å². The number of methoxy groups -OCH3 is 1. The molecule has 0 radical (unpaired) electrons. The second kappa shape index (κ2) is 9.95. The van der Waals surface area contributed by atoms with Crippen molar-refractivity contribution in [2.24, 2.45) is 11.7 Å². The van der Waals surface area contributed by atoms with E-state index in [4.69, 9.17) is 19.9 Å². The third kappa shape index (κ3) is 5.31. The lowest BCUT2D eigenvalue weighted by Crippen LogP contribution is -2.36. The van der Waals surface area contributed by atoms with Gasteiger partial charge in [-0.2, -0.15) is 4.98 Å². The molecule has 2 heterocycles. The Labute approximate surface area is 177 Å². The second-order valence-corrected chi connectivity index (χ2v) is 7.93. The maximum atomic E-state index is 6.00. The number of hydrogen-bond acceptors (Lipinski definition) is 8. The maximum absolute atomic E-state index is 6.00. The van der Waals surface area contributed by atoms with E-state index in [2.05, 4.69) is 32.3 Å². The van der Waals surface area contributed by atoms with Gasteiger partial charge in [-0.3, -0.25) is 0 Å². The van der Waals surface area contributed by atoms with Crippen LogP contribution in [0.2, 0.25) is 0 Å². The van der Waals surface area contributed by atoms with Crippen LogP contribution in [-0.4, -0.2) is 56.0 Å². The molecule has 1 aliphatic carbocycles. The molecule has 162 valence electrons. The molecule has 0 atom stereocenters. The number of ether oxygens (including phenoxy) is 3. The van der Waals surface area contributed by atoms with Crippen LogP contribution in [0.15, 0.2) is 30.5 Å². The van der Waals surface area contributed by atoms with Gasteiger partial charge in [-0.15, -0.1) is 0 Å². The summed E-state index contributed by atoms with van der Waals surface area (Å²) >= 11 is 0. The van der Waals surface area contributed by atoms with Gasteiger partial charge in [-0.25, -0.2) is 4.98 Å². The molecule has 2 aliphatic rings. The van der Waals surface area contributed by atoms with E-state index >= 15 is 0 Å². The Hall–Kier alpha value is -2.58. The zero-order chi connectivity index (χ0) is 20.8. The van der Waals surface area contributed by atoms with Crippen molar-refractivity contribution in [2.75, 3.05) is 50.2 Å². The molecule has 30 heavy (non-hydrogen) atoms. The number of benzene rings is 1. The quantitative estimate of drug-likeness (QED) is 0.715. The second-order valence-electron chi connectivity index (χ2n) is 7.93. The summed E-state index contributed by atoms with van der Waals surface area (Å²) in [7, 11) is 1.60. The molecule has 4 rings (SSSR count). The molecule has 1 aromatic heterocycles. The van der Waals surface area contributed by atoms with Gasteiger partial charge in [0.05, 0.1) is 33.1 Å². The standard InChI is InChI=1S/C22H31N5O3/c1-28-20-14-24-22(26-21(20)30-15-16-2-4-17(23)5-3-16)25-18-6-8-19(9-7-18)27-10-12-29-13-11-27/h6-9,14,16-17H,2-5,10-13,15,23H2,1H3,(H,24,25,26)/t16-,17-. The van der Waals surface area contributed by atoms with Crippen LogP contribution in [0.4, 0.5) is 17.3 Å². The van der Waals surface area contributed by atoms with Gasteiger partial charge < -0.3 is 30.2 Å². The molecule has 8 heteroatoms. The predicted molar refractivity (Wildman–Crippen MR) is 117 cm³/mol. The lowest BCUT2D eigenvalue weighted by atomic mass is 9.87. The highest BCUT2D eigenvalue weighted by atomic mass is 16.5. The zero-order valence-corrected chi connectivity index (χ0v) is 17.5. The summed E-state index contributed by atoms with van der Waals surface area (Å²) < 4.78 is 16.8. The van der Waals surface area contributed by atoms with Gasteiger partial charge in [-0.05, 0) is 55.9 Å². The summed E-state index contributed by atoms with van der Waals surface area (Å²) in [5, 5.41) is 3.25. The fourth-order valence-corrected chi connectivity index (χ4v) is 3.92. The topological polar surface area (TPSA) is 94.8 Å². The Kier molecular flexibility index (Phi) is 6.86. The van der Waals surface area contributed by atoms with E-state index in [1.165, 1.54) is 5.69 Å². The van der Waals surface area contributed by atoms with Crippen molar-refractivity contribution in [2.45, 2.75) is 31.7 Å². The normalized spacial score (nSPS) is 21.9. The molecule has 0 amide bonds. The van der Waals surface area contributed by atoms with Gasteiger partial charge >= 0.3 is 0 Å². The molecule has 0 bridgehead atoms. The SMILES string of the molecule is COc1cnc(Nc2ccc(N3CCOCC3)cc2)nc1OC[C@H]1CC[C@H](N)CC1. The number of nitrogens with two attached hydrogens (primary N) is 1. The molecule has 1 aromatic carbocycles. The number of anilines is 3. The molecule has 0 spiro atoms. The molecular weight excluding hydrogens is 382 g/mol. The van der Waals surface area contributed by atoms with E-state index in [1.807, 2.05) is 12.1 Å². The minimum atomic E-state index is 0.334. The molecule has 8 nitrogen and oxygen atoms in total. The van der Waals surface area contributed by atoms with E-state index in [0.29, 0.717) is 36.1 Å². The fraction of sp³-hybridized carbons (Fsp3) is 0.545. The minimum absolute atomic E-state index is 0.334. The van der Waals surface area contributed by atoms with Gasteiger partial charge in [0.15, 0.2) is 5.75 Å². The first-order valence-corrected chi connectivity index (χ1v) is 10.7. The van der Waals surface area contributed by atoms with Gasteiger partial charge in [0, 0.05) is 30.5 Å². The minimum Gasteiger partial charge on any atom is -0.490 e. The number of nitrogens with zero attached hydrogens (tertiary/aromatic N) is 3. The third-order valence-corrected chi connectivity index (χ3v) is 5.79. The van der Waals surface area contributed by atoms with Crippen LogP contribution in [0.5, 0.6) is 11.6 Å². The summed E-state index contributed by atoms with van der Waals surface area (Å²) in [5.74, 6) is 2.00. The number of morpholine rings is 1. The zero-order valence-electron chi connectivity index (χ0n) is 17.5. The van der Waals surface area contributed by atoms with Crippen LogP contribution in [-0.2, 0) is 4.74 Å². The molecule has 1 aliphatic heterocycles. The van der Waals surface area contributed by atoms with E-state index in [-0.39, 0.29) is 0 Å². The first kappa shape index (κ1) is 20.7. The van der Waals surface area contributed by atoms with Crippen LogP contribution >= 0.6 is 0 Å². The summed E-state index contributed by atoms with van der Waals surface area (Å²) in [4.78, 5) is 11.2. The van der Waals surface area contributed by atoms with Gasteiger partial charge in [0.1, 0.15) is 0 Å². The smallest absolute Gasteiger partial charge is 0.262 e. The summed E-state index contributed by atoms with van der Waals surface area (Å²) in [6.45, 7) is 4.00. The van der Waals surface area contributed by atoms with Crippen LogP contribution in [0.1, 0.15) is 25.7 Å². The van der Waals surface area contributed by atoms with Crippen LogP contribution < -0.4 is 25.4 Å². The molecular formula is C22H31N5O3. The highest BCUT2D eigenvalue weighted by Crippen LogP contribution is 2.29. The average molecular weight is 414 g/mol. The van der Waals surface area contributed by atoms with Gasteiger partial charge in [-0.1, -0.05) is 0 Å². The van der Waals surface area contributed by atoms with Crippen LogP contribution in [0.3, 0.4) is 0 Å². The van der Waals surface area contributed by atoms with Crippen LogP contribution in [0, 0.1) is 5.92 Å². The van der Waals surface area contributed by atoms with Crippen LogP contribution in [0.25, 0.3) is 0 Å². The number of rotatable bonds is 7. The summed E-state index contributed by atoms with van der Waals surface area (Å²) in [5.41, 5.74) is 8.11. The largest absolute Gasteiger partial charge is 0.490 e. The molecule has 1 saturated carbocycles.